The fourth-order valence-electron chi connectivity index (χ4n) is 5.14. The Bertz CT molecular complexity index is 822. The molecule has 6 nitrogen and oxygen atoms in total. The van der Waals surface area contributed by atoms with Crippen LogP contribution < -0.4 is 10.2 Å². The van der Waals surface area contributed by atoms with Crippen LogP contribution in [0.3, 0.4) is 0 Å². The van der Waals surface area contributed by atoms with Crippen LogP contribution in [0.1, 0.15) is 49.0 Å². The molecule has 0 bridgehead atoms. The van der Waals surface area contributed by atoms with Crippen molar-refractivity contribution < 1.29 is 9.59 Å². The average molecular weight is 411 g/mol. The first-order valence-electron chi connectivity index (χ1n) is 11.3. The van der Waals surface area contributed by atoms with E-state index in [4.69, 9.17) is 0 Å². The molecule has 2 saturated heterocycles. The molecule has 1 amide bonds. The van der Waals surface area contributed by atoms with Crippen LogP contribution in [0.15, 0.2) is 24.8 Å². The number of hydrogen-bond acceptors (Lipinski definition) is 5. The first-order chi connectivity index (χ1) is 14.5. The summed E-state index contributed by atoms with van der Waals surface area (Å²) in [6.45, 7) is 15.2. The van der Waals surface area contributed by atoms with Crippen molar-refractivity contribution in [3.63, 3.8) is 0 Å². The van der Waals surface area contributed by atoms with Crippen LogP contribution in [0.25, 0.3) is 5.70 Å². The number of hydrogen-bond donors (Lipinski definition) is 1. The van der Waals surface area contributed by atoms with Crippen molar-refractivity contribution in [2.24, 2.45) is 5.92 Å². The van der Waals surface area contributed by atoms with E-state index in [2.05, 4.69) is 27.8 Å². The topological polar surface area (TPSA) is 55.9 Å². The Kier molecular flexibility index (Phi) is 6.25. The van der Waals surface area contributed by atoms with Crippen LogP contribution in [0.4, 0.5) is 5.69 Å². The third kappa shape index (κ3) is 4.03. The standard InChI is InChI=1S/C24H34N4O2/c1-4-23(18(3)29)28-17(2)21-6-5-20(15-22(21)24(28)30)27-13-11-26(12-14-27)16-19-7-9-25-10-8-19/h5-6,15,19,23,25H,2,4,7-14,16H2,1,3H3. The maximum Gasteiger partial charge on any atom is 0.259 e. The van der Waals surface area contributed by atoms with Crippen LogP contribution in [-0.2, 0) is 4.79 Å². The molecule has 3 aliphatic rings. The molecule has 0 spiro atoms. The molecular weight excluding hydrogens is 376 g/mol. The highest BCUT2D eigenvalue weighted by atomic mass is 16.2. The minimum absolute atomic E-state index is 0.00454. The molecule has 0 radical (unpaired) electrons. The molecule has 1 atom stereocenters. The molecule has 0 saturated carbocycles. The van der Waals surface area contributed by atoms with Gasteiger partial charge in [-0.2, -0.15) is 0 Å². The van der Waals surface area contributed by atoms with Crippen molar-refractivity contribution in [3.8, 4) is 0 Å². The first-order valence-corrected chi connectivity index (χ1v) is 11.3. The van der Waals surface area contributed by atoms with E-state index >= 15 is 0 Å². The number of amides is 1. The lowest BCUT2D eigenvalue weighted by molar-refractivity contribution is -0.120. The molecule has 3 aliphatic heterocycles. The average Bonchev–Trinajstić information content (AvgIpc) is 3.00. The lowest BCUT2D eigenvalue weighted by atomic mass is 9.97. The van der Waals surface area contributed by atoms with E-state index in [1.54, 1.807) is 11.8 Å². The number of nitrogens with one attached hydrogen (secondary N) is 1. The number of anilines is 1. The largest absolute Gasteiger partial charge is 0.369 e. The fraction of sp³-hybridized carbons (Fsp3) is 0.583. The molecule has 162 valence electrons. The van der Waals surface area contributed by atoms with E-state index in [1.165, 1.54) is 19.4 Å². The molecule has 2 fully saturated rings. The van der Waals surface area contributed by atoms with Gasteiger partial charge >= 0.3 is 0 Å². The molecule has 0 aromatic heterocycles. The summed E-state index contributed by atoms with van der Waals surface area (Å²) in [5, 5.41) is 3.44. The van der Waals surface area contributed by atoms with Gasteiger partial charge in [0.2, 0.25) is 0 Å². The highest BCUT2D eigenvalue weighted by Gasteiger charge is 2.37. The highest BCUT2D eigenvalue weighted by Crippen LogP contribution is 2.36. The summed E-state index contributed by atoms with van der Waals surface area (Å²) in [7, 11) is 0. The number of fused-ring (bicyclic) bond motifs is 1. The highest BCUT2D eigenvalue weighted by molar-refractivity contribution is 6.11. The summed E-state index contributed by atoms with van der Waals surface area (Å²) in [5.74, 6) is 0.730. The van der Waals surface area contributed by atoms with Crippen LogP contribution in [-0.4, -0.2) is 73.3 Å². The van der Waals surface area contributed by atoms with Gasteiger partial charge < -0.3 is 10.2 Å². The SMILES string of the molecule is C=C1c2ccc(N3CCN(CC4CCNCC4)CC3)cc2C(=O)N1C(CC)C(C)=O. The van der Waals surface area contributed by atoms with E-state index in [0.717, 1.165) is 56.4 Å². The predicted octanol–water partition coefficient (Wildman–Crippen LogP) is 2.60. The molecule has 30 heavy (non-hydrogen) atoms. The van der Waals surface area contributed by atoms with Gasteiger partial charge in [0.05, 0.1) is 11.6 Å². The van der Waals surface area contributed by atoms with E-state index in [-0.39, 0.29) is 11.7 Å². The fourth-order valence-corrected chi connectivity index (χ4v) is 5.14. The summed E-state index contributed by atoms with van der Waals surface area (Å²) in [6.07, 6.45) is 3.17. The molecule has 1 aromatic carbocycles. The number of piperazine rings is 1. The summed E-state index contributed by atoms with van der Waals surface area (Å²) in [6, 6.07) is 5.66. The van der Waals surface area contributed by atoms with Gasteiger partial charge in [-0.1, -0.05) is 19.6 Å². The van der Waals surface area contributed by atoms with E-state index in [1.807, 2.05) is 19.1 Å². The summed E-state index contributed by atoms with van der Waals surface area (Å²) in [5.41, 5.74) is 3.27. The van der Waals surface area contributed by atoms with Crippen molar-refractivity contribution >= 4 is 23.1 Å². The molecule has 1 aromatic rings. The van der Waals surface area contributed by atoms with Gasteiger partial charge in [-0.15, -0.1) is 0 Å². The maximum atomic E-state index is 13.1. The van der Waals surface area contributed by atoms with Crippen LogP contribution in [0.2, 0.25) is 0 Å². The van der Waals surface area contributed by atoms with Gasteiger partial charge in [0.15, 0.2) is 5.78 Å². The predicted molar refractivity (Wildman–Crippen MR) is 121 cm³/mol. The number of benzene rings is 1. The minimum atomic E-state index is -0.431. The van der Waals surface area contributed by atoms with Crippen molar-refractivity contribution in [2.45, 2.75) is 39.2 Å². The molecule has 0 aliphatic carbocycles. The molecule has 4 rings (SSSR count). The maximum absolute atomic E-state index is 13.1. The van der Waals surface area contributed by atoms with Crippen molar-refractivity contribution in [1.29, 1.82) is 0 Å². The number of carbonyl (C=O) groups is 2. The number of piperidine rings is 1. The summed E-state index contributed by atoms with van der Waals surface area (Å²) >= 11 is 0. The third-order valence-electron chi connectivity index (χ3n) is 6.93. The van der Waals surface area contributed by atoms with E-state index < -0.39 is 6.04 Å². The first kappa shape index (κ1) is 21.1. The van der Waals surface area contributed by atoms with Gasteiger partial charge in [-0.3, -0.25) is 19.4 Å². The zero-order valence-corrected chi connectivity index (χ0v) is 18.3. The summed E-state index contributed by atoms with van der Waals surface area (Å²) in [4.78, 5) is 31.7. The molecule has 1 N–H and O–H groups in total. The Morgan fingerprint density at radius 1 is 1.17 bits per heavy atom. The second-order valence-corrected chi connectivity index (χ2v) is 8.87. The van der Waals surface area contributed by atoms with Crippen LogP contribution in [0.5, 0.6) is 0 Å². The van der Waals surface area contributed by atoms with Crippen molar-refractivity contribution in [3.05, 3.63) is 35.9 Å². The number of ketones is 1. The normalized spacial score (nSPS) is 21.8. The van der Waals surface area contributed by atoms with Crippen molar-refractivity contribution in [2.75, 3.05) is 50.7 Å². The smallest absolute Gasteiger partial charge is 0.259 e. The van der Waals surface area contributed by atoms with E-state index in [9.17, 15) is 9.59 Å². The summed E-state index contributed by atoms with van der Waals surface area (Å²) < 4.78 is 0. The Balaban J connectivity index is 1.42. The molecule has 3 heterocycles. The van der Waals surface area contributed by atoms with Crippen molar-refractivity contribution in [1.82, 2.24) is 15.1 Å². The second-order valence-electron chi connectivity index (χ2n) is 8.87. The Labute approximate surface area is 179 Å². The number of nitrogens with zero attached hydrogens (tertiary/aromatic N) is 3. The van der Waals surface area contributed by atoms with Gasteiger partial charge in [0.1, 0.15) is 0 Å². The Hall–Kier alpha value is -2.18. The monoisotopic (exact) mass is 410 g/mol. The zero-order valence-electron chi connectivity index (χ0n) is 18.3. The lowest BCUT2D eigenvalue weighted by Crippen LogP contribution is -2.48. The number of carbonyl (C=O) groups excluding carboxylic acids is 2. The van der Waals surface area contributed by atoms with E-state index in [0.29, 0.717) is 17.7 Å². The van der Waals surface area contributed by atoms with Crippen LogP contribution in [0, 0.1) is 5.92 Å². The lowest BCUT2D eigenvalue weighted by Gasteiger charge is -2.38. The van der Waals surface area contributed by atoms with Crippen LogP contribution >= 0.6 is 0 Å². The Morgan fingerprint density at radius 2 is 1.87 bits per heavy atom. The van der Waals surface area contributed by atoms with Gasteiger partial charge in [-0.05, 0) is 57.3 Å². The third-order valence-corrected chi connectivity index (χ3v) is 6.93. The number of rotatable bonds is 6. The molecule has 6 heteroatoms. The Morgan fingerprint density at radius 3 is 2.50 bits per heavy atom. The number of Topliss-reactive ketones (excluding diaryl/α,β-unsaturated/α-hetero) is 1. The van der Waals surface area contributed by atoms with Gasteiger partial charge in [-0.25, -0.2) is 0 Å². The quantitative estimate of drug-likeness (QED) is 0.781. The minimum Gasteiger partial charge on any atom is -0.369 e. The second kappa shape index (κ2) is 8.90. The molecular formula is C24H34N4O2. The zero-order chi connectivity index (χ0) is 21.3. The van der Waals surface area contributed by atoms with Gasteiger partial charge in [0, 0.05) is 49.7 Å². The van der Waals surface area contributed by atoms with Gasteiger partial charge in [0.25, 0.3) is 5.91 Å². The molecule has 1 unspecified atom stereocenters.